The second-order valence-corrected chi connectivity index (χ2v) is 9.87. The van der Waals surface area contributed by atoms with E-state index in [0.717, 1.165) is 24.1 Å². The van der Waals surface area contributed by atoms with Gasteiger partial charge in [0, 0.05) is 28.5 Å². The summed E-state index contributed by atoms with van der Waals surface area (Å²) in [4.78, 5) is 42.9. The molecular formula is C28H26ClN3O4. The van der Waals surface area contributed by atoms with Gasteiger partial charge in [-0.05, 0) is 80.8 Å². The highest BCUT2D eigenvalue weighted by molar-refractivity contribution is 6.30. The fraction of sp³-hybridized carbons (Fsp3) is 0.250. The normalized spacial score (nSPS) is 16.0. The highest BCUT2D eigenvalue weighted by Gasteiger charge is 2.42. The predicted molar refractivity (Wildman–Crippen MR) is 140 cm³/mol. The summed E-state index contributed by atoms with van der Waals surface area (Å²) in [6, 6.07) is 19.6. The van der Waals surface area contributed by atoms with Crippen LogP contribution in [0.25, 0.3) is 0 Å². The zero-order valence-corrected chi connectivity index (χ0v) is 20.8. The number of fused-ring (bicyclic) bond motifs is 2. The number of hydrogen-bond acceptors (Lipinski definition) is 4. The van der Waals surface area contributed by atoms with Crippen molar-refractivity contribution in [3.63, 3.8) is 0 Å². The molecule has 0 aliphatic carbocycles. The molecule has 184 valence electrons. The number of nitrogens with zero attached hydrogens (tertiary/aromatic N) is 2. The largest absolute Gasteiger partial charge is 0.476 e. The van der Waals surface area contributed by atoms with Crippen LogP contribution in [0, 0.1) is 0 Å². The highest BCUT2D eigenvalue weighted by atomic mass is 35.5. The van der Waals surface area contributed by atoms with Crippen LogP contribution in [0.15, 0.2) is 66.7 Å². The molecule has 0 saturated carbocycles. The molecule has 8 heteroatoms. The Bertz CT molecular complexity index is 1350. The van der Waals surface area contributed by atoms with E-state index in [1.54, 1.807) is 61.2 Å². The van der Waals surface area contributed by atoms with E-state index in [0.29, 0.717) is 34.3 Å². The molecule has 0 unspecified atom stereocenters. The number of benzene rings is 3. The topological polar surface area (TPSA) is 79.0 Å². The van der Waals surface area contributed by atoms with Gasteiger partial charge < -0.3 is 15.0 Å². The van der Waals surface area contributed by atoms with Crippen molar-refractivity contribution in [2.24, 2.45) is 0 Å². The van der Waals surface area contributed by atoms with Crippen molar-refractivity contribution in [2.75, 3.05) is 28.2 Å². The average Bonchev–Trinajstić information content (AvgIpc) is 2.87. The lowest BCUT2D eigenvalue weighted by Gasteiger charge is -2.38. The van der Waals surface area contributed by atoms with Gasteiger partial charge in [0.2, 0.25) is 5.91 Å². The van der Waals surface area contributed by atoms with Crippen molar-refractivity contribution in [1.82, 2.24) is 0 Å². The predicted octanol–water partition coefficient (Wildman–Crippen LogP) is 5.08. The minimum absolute atomic E-state index is 0.159. The van der Waals surface area contributed by atoms with Crippen molar-refractivity contribution in [3.05, 3.63) is 82.9 Å². The molecule has 0 saturated heterocycles. The molecule has 0 spiro atoms. The number of para-hydroxylation sites is 1. The van der Waals surface area contributed by atoms with Gasteiger partial charge in [-0.2, -0.15) is 0 Å². The van der Waals surface area contributed by atoms with Gasteiger partial charge in [-0.3, -0.25) is 19.3 Å². The third-order valence-corrected chi connectivity index (χ3v) is 6.66. The molecule has 0 fully saturated rings. The van der Waals surface area contributed by atoms with E-state index >= 15 is 0 Å². The Morgan fingerprint density at radius 1 is 1.03 bits per heavy atom. The maximum atomic E-state index is 13.5. The molecule has 0 radical (unpaired) electrons. The summed E-state index contributed by atoms with van der Waals surface area (Å²) in [7, 11) is 0. The van der Waals surface area contributed by atoms with Crippen LogP contribution in [0.2, 0.25) is 5.02 Å². The zero-order valence-electron chi connectivity index (χ0n) is 20.1. The van der Waals surface area contributed by atoms with Crippen LogP contribution in [0.4, 0.5) is 17.1 Å². The Labute approximate surface area is 214 Å². The van der Waals surface area contributed by atoms with Crippen LogP contribution in [-0.4, -0.2) is 36.4 Å². The fourth-order valence-corrected chi connectivity index (χ4v) is 4.76. The number of halogens is 1. The van der Waals surface area contributed by atoms with Crippen LogP contribution in [0.1, 0.15) is 36.2 Å². The maximum absolute atomic E-state index is 13.5. The molecule has 5 rings (SSSR count). The van der Waals surface area contributed by atoms with Gasteiger partial charge in [0.15, 0.2) is 5.60 Å². The van der Waals surface area contributed by atoms with Crippen LogP contribution >= 0.6 is 11.6 Å². The lowest BCUT2D eigenvalue weighted by atomic mass is 9.99. The van der Waals surface area contributed by atoms with Crippen molar-refractivity contribution in [1.29, 1.82) is 0 Å². The minimum Gasteiger partial charge on any atom is -0.476 e. The van der Waals surface area contributed by atoms with E-state index in [1.807, 2.05) is 24.3 Å². The number of amides is 3. The highest BCUT2D eigenvalue weighted by Crippen LogP contribution is 2.39. The van der Waals surface area contributed by atoms with Gasteiger partial charge >= 0.3 is 0 Å². The zero-order chi connectivity index (χ0) is 25.4. The first-order valence-electron chi connectivity index (χ1n) is 11.8. The first-order valence-corrected chi connectivity index (χ1v) is 12.2. The first-order chi connectivity index (χ1) is 17.2. The third kappa shape index (κ3) is 4.54. The minimum atomic E-state index is -1.16. The number of rotatable bonds is 4. The summed E-state index contributed by atoms with van der Waals surface area (Å²) < 4.78 is 5.95. The second-order valence-electron chi connectivity index (χ2n) is 9.43. The molecule has 0 atom stereocenters. The monoisotopic (exact) mass is 503 g/mol. The number of nitrogens with one attached hydrogen (secondary N) is 1. The Morgan fingerprint density at radius 3 is 2.56 bits per heavy atom. The van der Waals surface area contributed by atoms with Crippen LogP contribution in [-0.2, 0) is 16.0 Å². The standard InChI is InChI=1S/C28H26ClN3O4/c1-28(2)27(35)32(17-25(33)30-21-12-10-20(29)11-13-21)23-16-19(9-14-24(23)36-28)26(34)31-15-5-7-18-6-3-4-8-22(18)31/h3-4,6,8-14,16H,5,7,15,17H2,1-2H3,(H,30,33). The molecule has 2 aliphatic heterocycles. The molecule has 0 bridgehead atoms. The molecule has 3 aromatic carbocycles. The van der Waals surface area contributed by atoms with Gasteiger partial charge in [-0.15, -0.1) is 0 Å². The summed E-state index contributed by atoms with van der Waals surface area (Å²) >= 11 is 5.92. The molecule has 1 N–H and O–H groups in total. The molecule has 3 aromatic rings. The summed E-state index contributed by atoms with van der Waals surface area (Å²) in [5.41, 5.74) is 2.25. The number of ether oxygens (including phenoxy) is 1. The lowest BCUT2D eigenvalue weighted by molar-refractivity contribution is -0.133. The van der Waals surface area contributed by atoms with Gasteiger partial charge in [-0.25, -0.2) is 0 Å². The molecular weight excluding hydrogens is 478 g/mol. The van der Waals surface area contributed by atoms with Gasteiger partial charge in [0.25, 0.3) is 11.8 Å². The number of hydrogen-bond donors (Lipinski definition) is 1. The van der Waals surface area contributed by atoms with Gasteiger partial charge in [-0.1, -0.05) is 29.8 Å². The van der Waals surface area contributed by atoms with E-state index in [9.17, 15) is 14.4 Å². The molecule has 2 aliphatic rings. The third-order valence-electron chi connectivity index (χ3n) is 6.41. The summed E-state index contributed by atoms with van der Waals surface area (Å²) in [6.07, 6.45) is 1.80. The van der Waals surface area contributed by atoms with Gasteiger partial charge in [0.1, 0.15) is 12.3 Å². The maximum Gasteiger partial charge on any atom is 0.271 e. The Kier molecular flexibility index (Phi) is 6.18. The Morgan fingerprint density at radius 2 is 1.78 bits per heavy atom. The van der Waals surface area contributed by atoms with Crippen molar-refractivity contribution in [2.45, 2.75) is 32.3 Å². The molecule has 2 heterocycles. The molecule has 36 heavy (non-hydrogen) atoms. The Balaban J connectivity index is 1.44. The molecule has 7 nitrogen and oxygen atoms in total. The van der Waals surface area contributed by atoms with Crippen LogP contribution in [0.5, 0.6) is 5.75 Å². The number of anilines is 3. The van der Waals surface area contributed by atoms with E-state index in [1.165, 1.54) is 4.90 Å². The van der Waals surface area contributed by atoms with Crippen molar-refractivity contribution < 1.29 is 19.1 Å². The van der Waals surface area contributed by atoms with Crippen LogP contribution < -0.4 is 19.9 Å². The quantitative estimate of drug-likeness (QED) is 0.538. The number of aryl methyl sites for hydroxylation is 1. The number of carbonyl (C=O) groups is 3. The van der Waals surface area contributed by atoms with Crippen LogP contribution in [0.3, 0.4) is 0 Å². The SMILES string of the molecule is CC1(C)Oc2ccc(C(=O)N3CCCc4ccccc43)cc2N(CC(=O)Nc2ccc(Cl)cc2)C1=O. The Hall–Kier alpha value is -3.84. The van der Waals surface area contributed by atoms with Gasteiger partial charge in [0.05, 0.1) is 5.69 Å². The second kappa shape index (κ2) is 9.32. The number of carbonyl (C=O) groups excluding carboxylic acids is 3. The molecule has 3 amide bonds. The smallest absolute Gasteiger partial charge is 0.271 e. The summed E-state index contributed by atoms with van der Waals surface area (Å²) in [5, 5.41) is 3.34. The van der Waals surface area contributed by atoms with Crippen molar-refractivity contribution >= 4 is 46.4 Å². The van der Waals surface area contributed by atoms with E-state index in [2.05, 4.69) is 5.32 Å². The molecule has 0 aromatic heterocycles. The first kappa shape index (κ1) is 23.9. The summed E-state index contributed by atoms with van der Waals surface area (Å²) in [5.74, 6) is -0.465. The average molecular weight is 504 g/mol. The summed E-state index contributed by atoms with van der Waals surface area (Å²) in [6.45, 7) is 3.70. The fourth-order valence-electron chi connectivity index (χ4n) is 4.64. The van der Waals surface area contributed by atoms with Crippen molar-refractivity contribution in [3.8, 4) is 5.75 Å². The van der Waals surface area contributed by atoms with E-state index < -0.39 is 5.60 Å². The lowest BCUT2D eigenvalue weighted by Crippen LogP contribution is -2.54. The van der Waals surface area contributed by atoms with E-state index in [-0.39, 0.29) is 24.3 Å². The van der Waals surface area contributed by atoms with E-state index in [4.69, 9.17) is 16.3 Å².